The molecular weight excluding hydrogens is 399 g/mol. The number of carbonyl (C=O) groups excluding carboxylic acids is 1. The SMILES string of the molecule is Cc1ccc(NC(=O)Nc2cccc(F)c2)cc1OCc1cc(=O)n2ccccc2n1. The molecule has 0 atom stereocenters. The number of anilines is 2. The molecule has 156 valence electrons. The number of hydrogen-bond donors (Lipinski definition) is 2. The Morgan fingerprint density at radius 1 is 1.03 bits per heavy atom. The van der Waals surface area contributed by atoms with Crippen molar-refractivity contribution in [2.45, 2.75) is 13.5 Å². The molecule has 0 unspecified atom stereocenters. The van der Waals surface area contributed by atoms with Gasteiger partial charge in [0.05, 0.1) is 5.69 Å². The van der Waals surface area contributed by atoms with E-state index >= 15 is 0 Å². The molecule has 0 bridgehead atoms. The first-order chi connectivity index (χ1) is 15.0. The zero-order valence-electron chi connectivity index (χ0n) is 16.6. The Kier molecular flexibility index (Phi) is 5.61. The second-order valence-electron chi connectivity index (χ2n) is 6.87. The molecule has 4 rings (SSSR count). The minimum atomic E-state index is -0.510. The highest BCUT2D eigenvalue weighted by Gasteiger charge is 2.08. The molecular formula is C23H19FN4O3. The molecule has 0 aliphatic heterocycles. The van der Waals surface area contributed by atoms with Gasteiger partial charge in [0, 0.05) is 29.7 Å². The van der Waals surface area contributed by atoms with Gasteiger partial charge >= 0.3 is 6.03 Å². The molecule has 0 aliphatic carbocycles. The van der Waals surface area contributed by atoms with Crippen LogP contribution >= 0.6 is 0 Å². The highest BCUT2D eigenvalue weighted by atomic mass is 19.1. The molecule has 0 fully saturated rings. The van der Waals surface area contributed by atoms with E-state index in [0.29, 0.717) is 28.5 Å². The fraction of sp³-hybridized carbons (Fsp3) is 0.0870. The summed E-state index contributed by atoms with van der Waals surface area (Å²) in [6, 6.07) is 17.1. The van der Waals surface area contributed by atoms with Crippen molar-refractivity contribution in [3.05, 3.63) is 100 Å². The number of aromatic nitrogens is 2. The average Bonchev–Trinajstić information content (AvgIpc) is 2.74. The van der Waals surface area contributed by atoms with Crippen molar-refractivity contribution >= 4 is 23.1 Å². The standard InChI is InChI=1S/C23H19FN4O3/c1-15-8-9-18(27-23(30)26-17-6-4-5-16(24)11-17)12-20(15)31-14-19-13-22(29)28-10-3-2-7-21(28)25-19/h2-13H,14H2,1H3,(H2,26,27,30). The van der Waals surface area contributed by atoms with Crippen molar-refractivity contribution < 1.29 is 13.9 Å². The Morgan fingerprint density at radius 2 is 1.84 bits per heavy atom. The van der Waals surface area contributed by atoms with Crippen LogP contribution in [0, 0.1) is 12.7 Å². The summed E-state index contributed by atoms with van der Waals surface area (Å²) in [5.74, 6) is 0.101. The lowest BCUT2D eigenvalue weighted by Crippen LogP contribution is -2.19. The third kappa shape index (κ3) is 4.87. The smallest absolute Gasteiger partial charge is 0.323 e. The van der Waals surface area contributed by atoms with E-state index in [4.69, 9.17) is 4.74 Å². The Hall–Kier alpha value is -4.20. The van der Waals surface area contributed by atoms with Gasteiger partial charge in [0.2, 0.25) is 0 Å². The maximum absolute atomic E-state index is 13.3. The van der Waals surface area contributed by atoms with E-state index in [0.717, 1.165) is 5.56 Å². The largest absolute Gasteiger partial charge is 0.487 e. The van der Waals surface area contributed by atoms with Gasteiger partial charge in [0.25, 0.3) is 5.56 Å². The third-order valence-corrected chi connectivity index (χ3v) is 4.53. The van der Waals surface area contributed by atoms with E-state index in [-0.39, 0.29) is 12.2 Å². The average molecular weight is 418 g/mol. The highest BCUT2D eigenvalue weighted by Crippen LogP contribution is 2.24. The Morgan fingerprint density at radius 3 is 2.65 bits per heavy atom. The molecule has 2 amide bonds. The van der Waals surface area contributed by atoms with Gasteiger partial charge in [-0.25, -0.2) is 14.2 Å². The van der Waals surface area contributed by atoms with Crippen LogP contribution in [-0.4, -0.2) is 15.4 Å². The van der Waals surface area contributed by atoms with Gasteiger partial charge in [-0.05, 0) is 48.9 Å². The molecule has 0 aliphatic rings. The van der Waals surface area contributed by atoms with Gasteiger partial charge in [0.1, 0.15) is 23.8 Å². The van der Waals surface area contributed by atoms with Crippen LogP contribution in [0.25, 0.3) is 5.65 Å². The van der Waals surface area contributed by atoms with Crippen molar-refractivity contribution in [1.82, 2.24) is 9.38 Å². The third-order valence-electron chi connectivity index (χ3n) is 4.53. The maximum atomic E-state index is 13.3. The monoisotopic (exact) mass is 418 g/mol. The van der Waals surface area contributed by atoms with Crippen LogP contribution < -0.4 is 20.9 Å². The van der Waals surface area contributed by atoms with Gasteiger partial charge in [-0.1, -0.05) is 18.2 Å². The summed E-state index contributed by atoms with van der Waals surface area (Å²) >= 11 is 0. The number of fused-ring (bicyclic) bond motifs is 1. The molecule has 8 heteroatoms. The number of hydrogen-bond acceptors (Lipinski definition) is 4. The van der Waals surface area contributed by atoms with Gasteiger partial charge in [-0.3, -0.25) is 9.20 Å². The summed E-state index contributed by atoms with van der Waals surface area (Å²) in [6.07, 6.45) is 1.66. The Labute approximate surface area is 177 Å². The molecule has 0 spiro atoms. The van der Waals surface area contributed by atoms with E-state index in [9.17, 15) is 14.0 Å². The van der Waals surface area contributed by atoms with Crippen LogP contribution in [0.5, 0.6) is 5.75 Å². The first-order valence-electron chi connectivity index (χ1n) is 9.52. The van der Waals surface area contributed by atoms with Crippen LogP contribution in [0.3, 0.4) is 0 Å². The predicted octanol–water partition coefficient (Wildman–Crippen LogP) is 4.37. The van der Waals surface area contributed by atoms with E-state index in [1.807, 2.05) is 6.92 Å². The van der Waals surface area contributed by atoms with Gasteiger partial charge < -0.3 is 15.4 Å². The molecule has 0 radical (unpaired) electrons. The number of urea groups is 1. The van der Waals surface area contributed by atoms with Crippen LogP contribution in [0.2, 0.25) is 0 Å². The number of halogens is 1. The number of aryl methyl sites for hydroxylation is 1. The lowest BCUT2D eigenvalue weighted by molar-refractivity contribution is 0.262. The number of carbonyl (C=O) groups is 1. The minimum absolute atomic E-state index is 0.0976. The van der Waals surface area contributed by atoms with Crippen molar-refractivity contribution in [3.8, 4) is 5.75 Å². The number of pyridine rings is 1. The first kappa shape index (κ1) is 20.1. The molecule has 7 nitrogen and oxygen atoms in total. The van der Waals surface area contributed by atoms with Crippen LogP contribution in [0.4, 0.5) is 20.6 Å². The quantitative estimate of drug-likeness (QED) is 0.504. The van der Waals surface area contributed by atoms with Gasteiger partial charge in [0.15, 0.2) is 0 Å². The molecule has 2 heterocycles. The van der Waals surface area contributed by atoms with Crippen molar-refractivity contribution in [3.63, 3.8) is 0 Å². The number of benzene rings is 2. The fourth-order valence-corrected chi connectivity index (χ4v) is 3.02. The van der Waals surface area contributed by atoms with Crippen LogP contribution in [0.1, 0.15) is 11.3 Å². The van der Waals surface area contributed by atoms with Crippen LogP contribution in [-0.2, 0) is 6.61 Å². The number of nitrogens with one attached hydrogen (secondary N) is 2. The number of ether oxygens (including phenoxy) is 1. The lowest BCUT2D eigenvalue weighted by atomic mass is 10.2. The van der Waals surface area contributed by atoms with E-state index < -0.39 is 11.8 Å². The van der Waals surface area contributed by atoms with Crippen molar-refractivity contribution in [1.29, 1.82) is 0 Å². The summed E-state index contributed by atoms with van der Waals surface area (Å²) in [5.41, 5.74) is 2.54. The zero-order valence-corrected chi connectivity index (χ0v) is 16.6. The fourth-order valence-electron chi connectivity index (χ4n) is 3.02. The summed E-state index contributed by atoms with van der Waals surface area (Å²) in [6.45, 7) is 1.97. The number of rotatable bonds is 5. The molecule has 0 saturated carbocycles. The summed E-state index contributed by atoms with van der Waals surface area (Å²) in [5, 5.41) is 5.26. The van der Waals surface area contributed by atoms with Crippen molar-refractivity contribution in [2.24, 2.45) is 0 Å². The van der Waals surface area contributed by atoms with E-state index in [2.05, 4.69) is 15.6 Å². The van der Waals surface area contributed by atoms with Crippen LogP contribution in [0.15, 0.2) is 77.7 Å². The first-order valence-corrected chi connectivity index (χ1v) is 9.52. The highest BCUT2D eigenvalue weighted by molar-refractivity contribution is 5.99. The van der Waals surface area contributed by atoms with Gasteiger partial charge in [-0.2, -0.15) is 0 Å². The Balaban J connectivity index is 1.45. The summed E-state index contributed by atoms with van der Waals surface area (Å²) in [7, 11) is 0. The summed E-state index contributed by atoms with van der Waals surface area (Å²) < 4.78 is 20.6. The topological polar surface area (TPSA) is 84.7 Å². The van der Waals surface area contributed by atoms with E-state index in [1.165, 1.54) is 28.7 Å². The van der Waals surface area contributed by atoms with E-state index in [1.54, 1.807) is 48.7 Å². The second-order valence-corrected chi connectivity index (χ2v) is 6.87. The Bertz CT molecular complexity index is 1320. The lowest BCUT2D eigenvalue weighted by Gasteiger charge is -2.12. The molecule has 31 heavy (non-hydrogen) atoms. The maximum Gasteiger partial charge on any atom is 0.323 e. The minimum Gasteiger partial charge on any atom is -0.487 e. The molecule has 4 aromatic rings. The molecule has 0 saturated heterocycles. The molecule has 2 N–H and O–H groups in total. The zero-order chi connectivity index (χ0) is 21.8. The normalized spacial score (nSPS) is 10.6. The second kappa shape index (κ2) is 8.66. The molecule has 2 aromatic carbocycles. The predicted molar refractivity (Wildman–Crippen MR) is 116 cm³/mol. The molecule has 2 aromatic heterocycles. The van der Waals surface area contributed by atoms with Crippen molar-refractivity contribution in [2.75, 3.05) is 10.6 Å². The van der Waals surface area contributed by atoms with Gasteiger partial charge in [-0.15, -0.1) is 0 Å². The number of amides is 2. The number of nitrogens with zero attached hydrogens (tertiary/aromatic N) is 2. The summed E-state index contributed by atoms with van der Waals surface area (Å²) in [4.78, 5) is 28.8.